The standard InChI is InChI=1S/C17H16O5/c18-16(19)10-22-15-6-5-14(12-3-1-2-4-13(12)15)17(20)11-7-8-21-9-11/h5-9H,1-4,10H2,(H,18,19). The number of carboxylic acids is 1. The molecule has 1 N–H and O–H groups in total. The van der Waals surface area contributed by atoms with E-state index in [2.05, 4.69) is 0 Å². The van der Waals surface area contributed by atoms with Crippen molar-refractivity contribution in [3.05, 3.63) is 53.0 Å². The molecule has 5 nitrogen and oxygen atoms in total. The number of carbonyl (C=O) groups excluding carboxylic acids is 1. The summed E-state index contributed by atoms with van der Waals surface area (Å²) in [4.78, 5) is 23.2. The van der Waals surface area contributed by atoms with E-state index in [9.17, 15) is 9.59 Å². The maximum atomic E-state index is 12.6. The third-order valence-electron chi connectivity index (χ3n) is 3.87. The summed E-state index contributed by atoms with van der Waals surface area (Å²) >= 11 is 0. The fraction of sp³-hybridized carbons (Fsp3) is 0.294. The van der Waals surface area contributed by atoms with Crippen LogP contribution in [-0.4, -0.2) is 23.5 Å². The molecule has 0 fully saturated rings. The Morgan fingerprint density at radius 2 is 1.91 bits per heavy atom. The minimum Gasteiger partial charge on any atom is -0.482 e. The molecule has 0 bridgehead atoms. The van der Waals surface area contributed by atoms with Gasteiger partial charge in [0.2, 0.25) is 0 Å². The van der Waals surface area contributed by atoms with Crippen LogP contribution in [0.4, 0.5) is 0 Å². The topological polar surface area (TPSA) is 76.7 Å². The number of rotatable bonds is 5. The summed E-state index contributed by atoms with van der Waals surface area (Å²) in [5.41, 5.74) is 3.10. The van der Waals surface area contributed by atoms with Crippen LogP contribution in [0.2, 0.25) is 0 Å². The molecule has 0 saturated carbocycles. The van der Waals surface area contributed by atoms with Gasteiger partial charge in [-0.25, -0.2) is 4.79 Å². The molecule has 114 valence electrons. The number of carboxylic acid groups (broad SMARTS) is 1. The highest BCUT2D eigenvalue weighted by molar-refractivity contribution is 6.10. The largest absolute Gasteiger partial charge is 0.482 e. The molecule has 0 atom stereocenters. The van der Waals surface area contributed by atoms with Crippen molar-refractivity contribution in [2.75, 3.05) is 6.61 Å². The molecule has 0 amide bonds. The summed E-state index contributed by atoms with van der Waals surface area (Å²) in [6.45, 7) is -0.374. The van der Waals surface area contributed by atoms with E-state index in [0.717, 1.165) is 36.8 Å². The van der Waals surface area contributed by atoms with Crippen molar-refractivity contribution < 1.29 is 23.8 Å². The molecule has 1 heterocycles. The van der Waals surface area contributed by atoms with Crippen LogP contribution < -0.4 is 4.74 Å². The zero-order valence-electron chi connectivity index (χ0n) is 12.0. The molecule has 22 heavy (non-hydrogen) atoms. The predicted octanol–water partition coefficient (Wildman–Crippen LogP) is 2.85. The third kappa shape index (κ3) is 2.74. The summed E-state index contributed by atoms with van der Waals surface area (Å²) < 4.78 is 10.3. The van der Waals surface area contributed by atoms with Crippen molar-refractivity contribution in [1.82, 2.24) is 0 Å². The molecule has 0 saturated heterocycles. The molecule has 0 aliphatic heterocycles. The van der Waals surface area contributed by atoms with E-state index in [1.54, 1.807) is 18.2 Å². The molecule has 1 aromatic carbocycles. The van der Waals surface area contributed by atoms with Crippen LogP contribution in [0, 0.1) is 0 Å². The molecule has 1 aliphatic carbocycles. The Labute approximate surface area is 127 Å². The first-order valence-electron chi connectivity index (χ1n) is 7.23. The van der Waals surface area contributed by atoms with E-state index in [-0.39, 0.29) is 12.4 Å². The zero-order valence-corrected chi connectivity index (χ0v) is 12.0. The second kappa shape index (κ2) is 6.05. The van der Waals surface area contributed by atoms with Gasteiger partial charge in [0, 0.05) is 5.56 Å². The molecule has 3 rings (SSSR count). The van der Waals surface area contributed by atoms with Crippen molar-refractivity contribution >= 4 is 11.8 Å². The third-order valence-corrected chi connectivity index (χ3v) is 3.87. The lowest BCUT2D eigenvalue weighted by atomic mass is 9.85. The van der Waals surface area contributed by atoms with Crippen molar-refractivity contribution in [3.8, 4) is 5.75 Å². The average molecular weight is 300 g/mol. The number of ketones is 1. The molecule has 1 aromatic heterocycles. The fourth-order valence-corrected chi connectivity index (χ4v) is 2.87. The number of ether oxygens (including phenoxy) is 1. The fourth-order valence-electron chi connectivity index (χ4n) is 2.87. The van der Waals surface area contributed by atoms with Crippen LogP contribution in [0.3, 0.4) is 0 Å². The molecule has 5 heteroatoms. The highest BCUT2D eigenvalue weighted by Gasteiger charge is 2.22. The van der Waals surface area contributed by atoms with Crippen LogP contribution in [0.1, 0.15) is 39.9 Å². The van der Waals surface area contributed by atoms with Crippen LogP contribution in [0.5, 0.6) is 5.75 Å². The molecular weight excluding hydrogens is 284 g/mol. The Morgan fingerprint density at radius 1 is 1.14 bits per heavy atom. The molecular formula is C17H16O5. The Morgan fingerprint density at radius 3 is 2.59 bits per heavy atom. The lowest BCUT2D eigenvalue weighted by Gasteiger charge is -2.21. The normalized spacial score (nSPS) is 13.5. The van der Waals surface area contributed by atoms with Gasteiger partial charge in [0.15, 0.2) is 12.4 Å². The Bertz CT molecular complexity index is 700. The lowest BCUT2D eigenvalue weighted by Crippen LogP contribution is -2.15. The van der Waals surface area contributed by atoms with Crippen LogP contribution >= 0.6 is 0 Å². The van der Waals surface area contributed by atoms with Gasteiger partial charge in [-0.3, -0.25) is 4.79 Å². The minimum atomic E-state index is -1.01. The Hall–Kier alpha value is -2.56. The van der Waals surface area contributed by atoms with Crippen molar-refractivity contribution in [2.24, 2.45) is 0 Å². The highest BCUT2D eigenvalue weighted by Crippen LogP contribution is 2.33. The van der Waals surface area contributed by atoms with Crippen molar-refractivity contribution in [3.63, 3.8) is 0 Å². The molecule has 0 radical (unpaired) electrons. The van der Waals surface area contributed by atoms with Gasteiger partial charge in [-0.15, -0.1) is 0 Å². The van der Waals surface area contributed by atoms with Crippen LogP contribution in [-0.2, 0) is 17.6 Å². The number of furan rings is 1. The summed E-state index contributed by atoms with van der Waals surface area (Å²) in [6, 6.07) is 5.06. The second-order valence-electron chi connectivity index (χ2n) is 5.30. The van der Waals surface area contributed by atoms with Gasteiger partial charge >= 0.3 is 5.97 Å². The number of fused-ring (bicyclic) bond motifs is 1. The maximum Gasteiger partial charge on any atom is 0.341 e. The van der Waals surface area contributed by atoms with Gasteiger partial charge in [0.05, 0.1) is 11.8 Å². The van der Waals surface area contributed by atoms with E-state index in [4.69, 9.17) is 14.3 Å². The lowest BCUT2D eigenvalue weighted by molar-refractivity contribution is -0.139. The summed E-state index contributed by atoms with van der Waals surface area (Å²) in [7, 11) is 0. The van der Waals surface area contributed by atoms with Gasteiger partial charge < -0.3 is 14.3 Å². The number of hydrogen-bond acceptors (Lipinski definition) is 4. The first-order chi connectivity index (χ1) is 10.7. The summed E-state index contributed by atoms with van der Waals surface area (Å²) in [5.74, 6) is -0.513. The Balaban J connectivity index is 1.98. The van der Waals surface area contributed by atoms with Crippen molar-refractivity contribution in [1.29, 1.82) is 0 Å². The minimum absolute atomic E-state index is 0.0725. The van der Waals surface area contributed by atoms with E-state index < -0.39 is 5.97 Å². The SMILES string of the molecule is O=C(O)COc1ccc(C(=O)c2ccoc2)c2c1CCCC2. The van der Waals surface area contributed by atoms with Crippen molar-refractivity contribution in [2.45, 2.75) is 25.7 Å². The first-order valence-corrected chi connectivity index (χ1v) is 7.23. The number of benzene rings is 1. The summed E-state index contributed by atoms with van der Waals surface area (Å²) in [5, 5.41) is 8.76. The van der Waals surface area contributed by atoms with Gasteiger partial charge in [0.1, 0.15) is 12.0 Å². The van der Waals surface area contributed by atoms with Gasteiger partial charge in [0.25, 0.3) is 0 Å². The average Bonchev–Trinajstić information content (AvgIpc) is 3.06. The van der Waals surface area contributed by atoms with Crippen LogP contribution in [0.25, 0.3) is 0 Å². The molecule has 0 unspecified atom stereocenters. The van der Waals surface area contributed by atoms with Gasteiger partial charge in [-0.2, -0.15) is 0 Å². The van der Waals surface area contributed by atoms with Crippen LogP contribution in [0.15, 0.2) is 35.1 Å². The van der Waals surface area contributed by atoms with E-state index in [0.29, 0.717) is 16.9 Å². The second-order valence-corrected chi connectivity index (χ2v) is 5.30. The van der Waals surface area contributed by atoms with E-state index >= 15 is 0 Å². The quantitative estimate of drug-likeness (QED) is 0.859. The molecule has 0 spiro atoms. The van der Waals surface area contributed by atoms with Gasteiger partial charge in [-0.05, 0) is 55.0 Å². The smallest absolute Gasteiger partial charge is 0.341 e. The van der Waals surface area contributed by atoms with E-state index in [1.807, 2.05) is 0 Å². The van der Waals surface area contributed by atoms with E-state index in [1.165, 1.54) is 12.5 Å². The molecule has 1 aliphatic rings. The van der Waals surface area contributed by atoms with Gasteiger partial charge in [-0.1, -0.05) is 0 Å². The number of hydrogen-bond donors (Lipinski definition) is 1. The first kappa shape index (κ1) is 14.4. The summed E-state index contributed by atoms with van der Waals surface area (Å²) in [6.07, 6.45) is 6.55. The molecule has 2 aromatic rings. The Kier molecular flexibility index (Phi) is 3.96. The number of carbonyl (C=O) groups is 2. The zero-order chi connectivity index (χ0) is 15.5. The monoisotopic (exact) mass is 300 g/mol. The predicted molar refractivity (Wildman–Crippen MR) is 78.4 cm³/mol. The number of aliphatic carboxylic acids is 1. The highest BCUT2D eigenvalue weighted by atomic mass is 16.5. The maximum absolute atomic E-state index is 12.6.